The summed E-state index contributed by atoms with van der Waals surface area (Å²) in [5.41, 5.74) is 0. The van der Waals surface area contributed by atoms with Crippen LogP contribution in [0.3, 0.4) is 0 Å². The highest BCUT2D eigenvalue weighted by Crippen LogP contribution is 2.23. The zero-order valence-corrected chi connectivity index (χ0v) is 27.6. The molecule has 0 saturated heterocycles. The highest BCUT2D eigenvalue weighted by molar-refractivity contribution is 7.13. The van der Waals surface area contributed by atoms with Crippen molar-refractivity contribution in [1.29, 1.82) is 0 Å². The second-order valence-corrected chi connectivity index (χ2v) is 21.8. The lowest BCUT2D eigenvalue weighted by Gasteiger charge is -2.44. The van der Waals surface area contributed by atoms with Gasteiger partial charge in [-0.15, -0.1) is 0 Å². The van der Waals surface area contributed by atoms with Gasteiger partial charge in [0.15, 0.2) is 0 Å². The first-order chi connectivity index (χ1) is 21.0. The maximum atomic E-state index is 7.79. The van der Waals surface area contributed by atoms with Crippen LogP contribution in [0.25, 0.3) is 0 Å². The second-order valence-electron chi connectivity index (χ2n) is 11.2. The van der Waals surface area contributed by atoms with Gasteiger partial charge in [0.05, 0.1) is 0 Å². The lowest BCUT2D eigenvalue weighted by atomic mass is 10.3. The molecule has 0 radical (unpaired) electrons. The van der Waals surface area contributed by atoms with Crippen LogP contribution < -0.4 is 31.1 Å². The van der Waals surface area contributed by atoms with Crippen molar-refractivity contribution in [3.05, 3.63) is 182 Å². The molecule has 0 aliphatic heterocycles. The molecular formula is C38H36O2Si3. The summed E-state index contributed by atoms with van der Waals surface area (Å²) in [7, 11) is -8.95. The van der Waals surface area contributed by atoms with Gasteiger partial charge in [-0.1, -0.05) is 182 Å². The zero-order chi connectivity index (χ0) is 29.6. The molecule has 6 aromatic rings. The van der Waals surface area contributed by atoms with E-state index in [1.54, 1.807) is 0 Å². The van der Waals surface area contributed by atoms with Crippen molar-refractivity contribution < 1.29 is 8.23 Å². The Bertz CT molecular complexity index is 1390. The molecule has 0 unspecified atom stereocenters. The van der Waals surface area contributed by atoms with Gasteiger partial charge in [0, 0.05) is 0 Å². The van der Waals surface area contributed by atoms with Gasteiger partial charge >= 0.3 is 8.56 Å². The van der Waals surface area contributed by atoms with Gasteiger partial charge in [0.1, 0.15) is 0 Å². The second kappa shape index (κ2) is 12.6. The topological polar surface area (TPSA) is 18.5 Å². The normalized spacial score (nSPS) is 12.1. The summed E-state index contributed by atoms with van der Waals surface area (Å²) >= 11 is 0. The van der Waals surface area contributed by atoms with Gasteiger partial charge in [-0.05, 0) is 44.2 Å². The standard InChI is InChI=1S/C38H36O2Si3/c1-41(2,39-42(33-21-9-3-10-22-33,34-23-11-4-12-24-34)35-25-13-5-14-26-35)40-43(36-27-15-6-16-28-36,37-29-17-7-18-30-37)38-31-19-8-20-32-38/h3-32H,1-2H3. The molecule has 2 nitrogen and oxygen atoms in total. The molecule has 0 saturated carbocycles. The lowest BCUT2D eigenvalue weighted by Crippen LogP contribution is -2.77. The molecule has 6 rings (SSSR count). The quantitative estimate of drug-likeness (QED) is 0.160. The molecule has 6 aromatic carbocycles. The molecule has 212 valence electrons. The molecule has 0 atom stereocenters. The Balaban J connectivity index is 1.58. The Labute approximate surface area is 258 Å². The van der Waals surface area contributed by atoms with Crippen LogP contribution in [0.15, 0.2) is 182 Å². The highest BCUT2D eigenvalue weighted by atomic mass is 28.5. The van der Waals surface area contributed by atoms with Gasteiger partial charge in [-0.25, -0.2) is 0 Å². The minimum atomic E-state index is -3.00. The summed E-state index contributed by atoms with van der Waals surface area (Å²) in [6.45, 7) is 4.47. The highest BCUT2D eigenvalue weighted by Gasteiger charge is 2.52. The van der Waals surface area contributed by atoms with Crippen LogP contribution in [0.1, 0.15) is 0 Å². The van der Waals surface area contributed by atoms with Crippen molar-refractivity contribution >= 4 is 56.3 Å². The van der Waals surface area contributed by atoms with Gasteiger partial charge in [0.2, 0.25) is 0 Å². The van der Waals surface area contributed by atoms with Crippen LogP contribution in [-0.4, -0.2) is 25.2 Å². The third-order valence-corrected chi connectivity index (χ3v) is 21.1. The van der Waals surface area contributed by atoms with E-state index in [-0.39, 0.29) is 0 Å². The van der Waals surface area contributed by atoms with Gasteiger partial charge in [-0.3, -0.25) is 0 Å². The van der Waals surface area contributed by atoms with Crippen molar-refractivity contribution in [3.8, 4) is 0 Å². The Morgan fingerprint density at radius 3 is 0.605 bits per heavy atom. The van der Waals surface area contributed by atoms with Gasteiger partial charge < -0.3 is 8.23 Å². The molecule has 0 fully saturated rings. The van der Waals surface area contributed by atoms with E-state index in [1.165, 1.54) is 31.1 Å². The summed E-state index contributed by atoms with van der Waals surface area (Å²) in [5, 5.41) is 7.27. The van der Waals surface area contributed by atoms with E-state index < -0.39 is 25.2 Å². The molecule has 0 bridgehead atoms. The Kier molecular flexibility index (Phi) is 8.52. The SMILES string of the molecule is C[Si](C)(O[Si](c1ccccc1)(c1ccccc1)c1ccccc1)O[Si](c1ccccc1)(c1ccccc1)c1ccccc1. The molecule has 0 amide bonds. The van der Waals surface area contributed by atoms with E-state index in [0.717, 1.165) is 0 Å². The van der Waals surface area contributed by atoms with E-state index >= 15 is 0 Å². The van der Waals surface area contributed by atoms with Crippen molar-refractivity contribution in [3.63, 3.8) is 0 Å². The van der Waals surface area contributed by atoms with Crippen LogP contribution in [0.4, 0.5) is 0 Å². The van der Waals surface area contributed by atoms with E-state index in [0.29, 0.717) is 0 Å². The first-order valence-corrected chi connectivity index (χ1v) is 21.4. The molecule has 0 N–H and O–H groups in total. The monoisotopic (exact) mass is 608 g/mol. The van der Waals surface area contributed by atoms with E-state index in [4.69, 9.17) is 8.23 Å². The van der Waals surface area contributed by atoms with Crippen LogP contribution in [0, 0.1) is 0 Å². The third kappa shape index (κ3) is 5.78. The van der Waals surface area contributed by atoms with Crippen LogP contribution in [0.2, 0.25) is 13.1 Å². The van der Waals surface area contributed by atoms with Crippen molar-refractivity contribution in [1.82, 2.24) is 0 Å². The van der Waals surface area contributed by atoms with E-state index in [1.807, 2.05) is 0 Å². The smallest absolute Gasteiger partial charge is 0.312 e. The minimum Gasteiger partial charge on any atom is -0.426 e. The van der Waals surface area contributed by atoms with Gasteiger partial charge in [0.25, 0.3) is 16.6 Å². The number of hydrogen-bond acceptors (Lipinski definition) is 2. The molecule has 0 aliphatic rings. The van der Waals surface area contributed by atoms with Crippen LogP contribution in [-0.2, 0) is 8.23 Å². The summed E-state index contributed by atoms with van der Waals surface area (Å²) in [5.74, 6) is 0. The fraction of sp³-hybridized carbons (Fsp3) is 0.0526. The molecule has 0 aliphatic carbocycles. The molecular weight excluding hydrogens is 573 g/mol. The number of benzene rings is 6. The average Bonchev–Trinajstić information content (AvgIpc) is 3.08. The Morgan fingerprint density at radius 1 is 0.279 bits per heavy atom. The predicted octanol–water partition coefficient (Wildman–Crippen LogP) is 5.06. The van der Waals surface area contributed by atoms with Gasteiger partial charge in [-0.2, -0.15) is 0 Å². The molecule has 0 heterocycles. The molecule has 0 spiro atoms. The maximum Gasteiger partial charge on any atom is 0.312 e. The first-order valence-electron chi connectivity index (χ1n) is 14.8. The summed E-state index contributed by atoms with van der Waals surface area (Å²) in [4.78, 5) is 0. The fourth-order valence-electron chi connectivity index (χ4n) is 6.15. The van der Waals surface area contributed by atoms with Crippen molar-refractivity contribution in [2.75, 3.05) is 0 Å². The van der Waals surface area contributed by atoms with E-state index in [9.17, 15) is 0 Å². The summed E-state index contributed by atoms with van der Waals surface area (Å²) in [6.07, 6.45) is 0. The molecule has 5 heteroatoms. The Hall–Kier alpha value is -4.11. The zero-order valence-electron chi connectivity index (χ0n) is 24.6. The summed E-state index contributed by atoms with van der Waals surface area (Å²) < 4.78 is 15.6. The average molecular weight is 609 g/mol. The minimum absolute atomic E-state index is 1.21. The first kappa shape index (κ1) is 29.0. The van der Waals surface area contributed by atoms with E-state index in [2.05, 4.69) is 195 Å². The molecule has 0 aromatic heterocycles. The van der Waals surface area contributed by atoms with Crippen LogP contribution >= 0.6 is 0 Å². The maximum absolute atomic E-state index is 7.79. The Morgan fingerprint density at radius 2 is 0.442 bits per heavy atom. The largest absolute Gasteiger partial charge is 0.426 e. The van der Waals surface area contributed by atoms with Crippen LogP contribution in [0.5, 0.6) is 0 Å². The third-order valence-electron chi connectivity index (χ3n) is 7.88. The lowest BCUT2D eigenvalue weighted by molar-refractivity contribution is 0.411. The van der Waals surface area contributed by atoms with Crippen molar-refractivity contribution in [2.45, 2.75) is 13.1 Å². The predicted molar refractivity (Wildman–Crippen MR) is 188 cm³/mol. The van der Waals surface area contributed by atoms with Crippen molar-refractivity contribution in [2.24, 2.45) is 0 Å². The number of hydrogen-bond donors (Lipinski definition) is 0. The number of rotatable bonds is 10. The molecule has 43 heavy (non-hydrogen) atoms. The summed E-state index contributed by atoms with van der Waals surface area (Å²) in [6, 6.07) is 64.7. The fourth-order valence-corrected chi connectivity index (χ4v) is 21.4.